The van der Waals surface area contributed by atoms with Crippen LogP contribution in [0.1, 0.15) is 48.4 Å². The number of fused-ring (bicyclic) bond motifs is 1. The number of thiophene rings is 1. The maximum absolute atomic E-state index is 12.5. The van der Waals surface area contributed by atoms with Crippen molar-refractivity contribution in [3.63, 3.8) is 0 Å². The van der Waals surface area contributed by atoms with E-state index in [1.54, 1.807) is 0 Å². The highest BCUT2D eigenvalue weighted by Crippen LogP contribution is 2.31. The lowest BCUT2D eigenvalue weighted by Gasteiger charge is -2.26. The molecule has 0 aliphatic heterocycles. The van der Waals surface area contributed by atoms with Crippen LogP contribution in [0.3, 0.4) is 0 Å². The second-order valence-electron chi connectivity index (χ2n) is 6.73. The first-order valence-corrected chi connectivity index (χ1v) is 9.29. The molecule has 3 amide bonds. The van der Waals surface area contributed by atoms with Gasteiger partial charge in [0, 0.05) is 21.8 Å². The lowest BCUT2D eigenvalue weighted by molar-refractivity contribution is -0.132. The third kappa shape index (κ3) is 4.25. The van der Waals surface area contributed by atoms with Crippen LogP contribution in [0.4, 0.5) is 4.79 Å². The van der Waals surface area contributed by atoms with E-state index in [9.17, 15) is 9.59 Å². The second kappa shape index (κ2) is 6.91. The fourth-order valence-electron chi connectivity index (χ4n) is 2.92. The van der Waals surface area contributed by atoms with E-state index >= 15 is 0 Å². The van der Waals surface area contributed by atoms with E-state index in [1.165, 1.54) is 34.6 Å². The van der Waals surface area contributed by atoms with Gasteiger partial charge in [0.2, 0.25) is 5.91 Å². The van der Waals surface area contributed by atoms with Gasteiger partial charge in [0.1, 0.15) is 0 Å². The summed E-state index contributed by atoms with van der Waals surface area (Å²) >= 11 is 1.83. The van der Waals surface area contributed by atoms with Crippen molar-refractivity contribution in [2.75, 3.05) is 6.54 Å². The van der Waals surface area contributed by atoms with Crippen molar-refractivity contribution in [2.45, 2.75) is 64.6 Å². The number of carbonyl (C=O) groups excluding carboxylic acids is 2. The van der Waals surface area contributed by atoms with Gasteiger partial charge < -0.3 is 15.5 Å². The molecule has 1 aromatic heterocycles. The van der Waals surface area contributed by atoms with Crippen LogP contribution in [0.2, 0.25) is 0 Å². The third-order valence-corrected chi connectivity index (χ3v) is 5.60. The van der Waals surface area contributed by atoms with Crippen LogP contribution in [-0.4, -0.2) is 35.5 Å². The quantitative estimate of drug-likeness (QED) is 0.839. The fourth-order valence-corrected chi connectivity index (χ4v) is 4.18. The van der Waals surface area contributed by atoms with Crippen molar-refractivity contribution < 1.29 is 9.59 Å². The van der Waals surface area contributed by atoms with E-state index in [0.717, 1.165) is 12.8 Å². The van der Waals surface area contributed by atoms with E-state index in [0.29, 0.717) is 12.6 Å². The zero-order valence-corrected chi connectivity index (χ0v) is 14.7. The highest BCUT2D eigenvalue weighted by Gasteiger charge is 2.24. The molecule has 3 rings (SSSR count). The molecule has 2 aliphatic carbocycles. The topological polar surface area (TPSA) is 61.4 Å². The maximum atomic E-state index is 12.5. The van der Waals surface area contributed by atoms with Crippen LogP contribution >= 0.6 is 11.3 Å². The van der Waals surface area contributed by atoms with Crippen LogP contribution in [0.15, 0.2) is 6.07 Å². The molecule has 5 nitrogen and oxygen atoms in total. The van der Waals surface area contributed by atoms with Crippen LogP contribution in [0.25, 0.3) is 0 Å². The lowest BCUT2D eigenvalue weighted by Crippen LogP contribution is -2.46. The van der Waals surface area contributed by atoms with Crippen LogP contribution in [0, 0.1) is 0 Å². The number of rotatable bonds is 6. The van der Waals surface area contributed by atoms with Crippen molar-refractivity contribution in [1.29, 1.82) is 0 Å². The second-order valence-corrected chi connectivity index (χ2v) is 7.95. The highest BCUT2D eigenvalue weighted by molar-refractivity contribution is 7.12. The van der Waals surface area contributed by atoms with Crippen molar-refractivity contribution in [2.24, 2.45) is 0 Å². The molecule has 1 aromatic rings. The third-order valence-electron chi connectivity index (χ3n) is 4.38. The minimum absolute atomic E-state index is 0.0282. The maximum Gasteiger partial charge on any atom is 0.315 e. The molecule has 0 spiro atoms. The Hall–Kier alpha value is -1.56. The van der Waals surface area contributed by atoms with Gasteiger partial charge in [0.25, 0.3) is 0 Å². The molecule has 2 aliphatic rings. The van der Waals surface area contributed by atoms with Gasteiger partial charge in [0.05, 0.1) is 13.1 Å². The van der Waals surface area contributed by atoms with Crippen molar-refractivity contribution in [3.8, 4) is 0 Å². The lowest BCUT2D eigenvalue weighted by atomic mass is 10.2. The molecule has 0 radical (unpaired) electrons. The Labute approximate surface area is 141 Å². The molecule has 0 atom stereocenters. The van der Waals surface area contributed by atoms with E-state index in [1.807, 2.05) is 30.1 Å². The first kappa shape index (κ1) is 16.3. The smallest absolute Gasteiger partial charge is 0.315 e. The molecule has 6 heteroatoms. The standard InChI is InChI=1S/C17H25N3O2S/c1-11(2)20(10-14-8-12-4-3-5-15(12)23-14)16(21)9-18-17(22)19-13-6-7-13/h8,11,13H,3-7,9-10H2,1-2H3,(H2,18,19,22). The average Bonchev–Trinajstić information content (AvgIpc) is 3.05. The van der Waals surface area contributed by atoms with Gasteiger partial charge in [0.15, 0.2) is 0 Å². The first-order chi connectivity index (χ1) is 11.0. The fraction of sp³-hybridized carbons (Fsp3) is 0.647. The Morgan fingerprint density at radius 2 is 2.13 bits per heavy atom. The summed E-state index contributed by atoms with van der Waals surface area (Å²) in [5, 5.41) is 5.51. The summed E-state index contributed by atoms with van der Waals surface area (Å²) < 4.78 is 0. The Morgan fingerprint density at radius 1 is 1.35 bits per heavy atom. The molecule has 0 saturated heterocycles. The zero-order valence-electron chi connectivity index (χ0n) is 13.9. The summed E-state index contributed by atoms with van der Waals surface area (Å²) in [7, 11) is 0. The van der Waals surface area contributed by atoms with Gasteiger partial charge in [-0.2, -0.15) is 0 Å². The van der Waals surface area contributed by atoms with Gasteiger partial charge in [-0.3, -0.25) is 4.79 Å². The number of carbonyl (C=O) groups is 2. The van der Waals surface area contributed by atoms with E-state index in [-0.39, 0.29) is 24.5 Å². The number of hydrogen-bond acceptors (Lipinski definition) is 3. The normalized spacial score (nSPS) is 16.3. The summed E-state index contributed by atoms with van der Waals surface area (Å²) in [5.74, 6) is -0.0282. The first-order valence-electron chi connectivity index (χ1n) is 8.47. The van der Waals surface area contributed by atoms with Crippen LogP contribution in [-0.2, 0) is 24.2 Å². The summed E-state index contributed by atoms with van der Waals surface area (Å²) in [6, 6.07) is 2.44. The van der Waals surface area contributed by atoms with Gasteiger partial charge in [-0.1, -0.05) is 0 Å². The molecule has 1 heterocycles. The van der Waals surface area contributed by atoms with Crippen molar-refractivity contribution in [1.82, 2.24) is 15.5 Å². The van der Waals surface area contributed by atoms with E-state index in [2.05, 4.69) is 16.7 Å². The Kier molecular flexibility index (Phi) is 4.90. The molecule has 1 saturated carbocycles. The Bertz CT molecular complexity index is 571. The SMILES string of the molecule is CC(C)N(Cc1cc2c(s1)CCC2)C(=O)CNC(=O)NC1CC1. The number of amides is 3. The number of nitrogens with one attached hydrogen (secondary N) is 2. The monoisotopic (exact) mass is 335 g/mol. The van der Waals surface area contributed by atoms with E-state index in [4.69, 9.17) is 0 Å². The molecule has 0 aromatic carbocycles. The minimum atomic E-state index is -0.236. The summed E-state index contributed by atoms with van der Waals surface area (Å²) in [5.41, 5.74) is 1.46. The van der Waals surface area contributed by atoms with Gasteiger partial charge in [-0.25, -0.2) is 4.79 Å². The molecule has 0 unspecified atom stereocenters. The minimum Gasteiger partial charge on any atom is -0.335 e. The molecular formula is C17H25N3O2S. The van der Waals surface area contributed by atoms with Gasteiger partial charge in [-0.05, 0) is 57.6 Å². The highest BCUT2D eigenvalue weighted by atomic mass is 32.1. The molecule has 23 heavy (non-hydrogen) atoms. The number of nitrogens with zero attached hydrogens (tertiary/aromatic N) is 1. The number of aryl methyl sites for hydroxylation is 2. The number of hydrogen-bond donors (Lipinski definition) is 2. The van der Waals surface area contributed by atoms with Crippen molar-refractivity contribution >= 4 is 23.3 Å². The Morgan fingerprint density at radius 3 is 2.78 bits per heavy atom. The summed E-state index contributed by atoms with van der Waals surface area (Å²) in [6.45, 7) is 4.73. The van der Waals surface area contributed by atoms with Crippen molar-refractivity contribution in [3.05, 3.63) is 21.4 Å². The van der Waals surface area contributed by atoms with Crippen LogP contribution in [0.5, 0.6) is 0 Å². The summed E-state index contributed by atoms with van der Waals surface area (Å²) in [6.07, 6.45) is 5.70. The van der Waals surface area contributed by atoms with E-state index < -0.39 is 0 Å². The molecule has 0 bridgehead atoms. The molecular weight excluding hydrogens is 310 g/mol. The average molecular weight is 335 g/mol. The molecule has 126 valence electrons. The Balaban J connectivity index is 1.54. The van der Waals surface area contributed by atoms with Gasteiger partial charge >= 0.3 is 6.03 Å². The molecule has 2 N–H and O–H groups in total. The predicted molar refractivity (Wildman–Crippen MR) is 91.6 cm³/mol. The zero-order chi connectivity index (χ0) is 16.4. The predicted octanol–water partition coefficient (Wildman–Crippen LogP) is 2.44. The summed E-state index contributed by atoms with van der Waals surface area (Å²) in [4.78, 5) is 28.7. The number of urea groups is 1. The molecule has 1 fully saturated rings. The van der Waals surface area contributed by atoms with Gasteiger partial charge in [-0.15, -0.1) is 11.3 Å². The largest absolute Gasteiger partial charge is 0.335 e. The van der Waals surface area contributed by atoms with Crippen LogP contribution < -0.4 is 10.6 Å².